The lowest BCUT2D eigenvalue weighted by atomic mass is 9.76. The van der Waals surface area contributed by atoms with Crippen molar-refractivity contribution < 1.29 is 14.2 Å². The number of nitrogens with zero attached hydrogens (tertiary/aromatic N) is 1. The molecule has 2 fully saturated rings. The normalized spacial score (nSPS) is 23.3. The largest absolute Gasteiger partial charge is 0.379 e. The molecule has 0 aromatic carbocycles. The van der Waals surface area contributed by atoms with Gasteiger partial charge in [-0.3, -0.25) is 4.90 Å². The van der Waals surface area contributed by atoms with Crippen molar-refractivity contribution in [1.29, 1.82) is 0 Å². The van der Waals surface area contributed by atoms with E-state index in [9.17, 15) is 0 Å². The van der Waals surface area contributed by atoms with Crippen molar-refractivity contribution in [2.75, 3.05) is 26.9 Å². The van der Waals surface area contributed by atoms with Crippen molar-refractivity contribution in [3.8, 4) is 0 Å². The second kappa shape index (κ2) is 15.9. The molecule has 208 valence electrons. The lowest BCUT2D eigenvalue weighted by Crippen LogP contribution is -2.64. The van der Waals surface area contributed by atoms with Crippen LogP contribution in [0.15, 0.2) is 0 Å². The maximum Gasteiger partial charge on any atom is 0.172 e. The van der Waals surface area contributed by atoms with Crippen LogP contribution < -0.4 is 0 Å². The molecule has 4 heteroatoms. The van der Waals surface area contributed by atoms with Gasteiger partial charge in [0.15, 0.2) is 5.79 Å². The highest BCUT2D eigenvalue weighted by Gasteiger charge is 2.55. The van der Waals surface area contributed by atoms with E-state index in [0.717, 1.165) is 19.4 Å². The zero-order chi connectivity index (χ0) is 25.6. The Balaban J connectivity index is 1.38. The molecule has 2 saturated heterocycles. The lowest BCUT2D eigenvalue weighted by molar-refractivity contribution is -0.244. The van der Waals surface area contributed by atoms with Crippen LogP contribution >= 0.6 is 0 Å². The van der Waals surface area contributed by atoms with Gasteiger partial charge in [0.1, 0.15) is 6.10 Å². The Morgan fingerprint density at radius 2 is 1.11 bits per heavy atom. The Kier molecular flexibility index (Phi) is 14.2. The van der Waals surface area contributed by atoms with Crippen molar-refractivity contribution >= 4 is 0 Å². The van der Waals surface area contributed by atoms with Crippen LogP contribution in [-0.2, 0) is 14.2 Å². The van der Waals surface area contributed by atoms with Crippen LogP contribution in [0.4, 0.5) is 0 Å². The maximum absolute atomic E-state index is 6.47. The summed E-state index contributed by atoms with van der Waals surface area (Å²) in [6.07, 6.45) is 24.3. The Bertz CT molecular complexity index is 529. The highest BCUT2D eigenvalue weighted by Crippen LogP contribution is 2.47. The van der Waals surface area contributed by atoms with Gasteiger partial charge in [-0.15, -0.1) is 0 Å². The first kappa shape index (κ1) is 31.1. The minimum Gasteiger partial charge on any atom is -0.379 e. The summed E-state index contributed by atoms with van der Waals surface area (Å²) < 4.78 is 18.7. The molecule has 0 bridgehead atoms. The minimum atomic E-state index is -0.443. The molecule has 2 aliphatic rings. The predicted octanol–water partition coefficient (Wildman–Crippen LogP) is 8.66. The average molecular weight is 496 g/mol. The number of hydrogen-bond donors (Lipinski definition) is 0. The molecule has 0 radical (unpaired) electrons. The molecular weight excluding hydrogens is 434 g/mol. The second-order valence-corrected chi connectivity index (χ2v) is 12.9. The van der Waals surface area contributed by atoms with Crippen LogP contribution in [0.1, 0.15) is 150 Å². The van der Waals surface area contributed by atoms with Gasteiger partial charge < -0.3 is 14.2 Å². The van der Waals surface area contributed by atoms with E-state index in [-0.39, 0.29) is 17.2 Å². The summed E-state index contributed by atoms with van der Waals surface area (Å²) in [5.41, 5.74) is 0.121. The number of rotatable bonds is 19. The SMILES string of the molecule is CCCCCCCCCCCCCCCCCCOCC1COC2(CC(C)(C)N(C)C(C)(C)C2)O1. The third-order valence-corrected chi connectivity index (χ3v) is 8.58. The fourth-order valence-corrected chi connectivity index (χ4v) is 6.29. The Morgan fingerprint density at radius 3 is 1.57 bits per heavy atom. The summed E-state index contributed by atoms with van der Waals surface area (Å²) in [6, 6.07) is 0. The van der Waals surface area contributed by atoms with E-state index in [4.69, 9.17) is 14.2 Å². The number of likely N-dealkylation sites (tertiary alicyclic amines) is 1. The molecule has 1 atom stereocenters. The summed E-state index contributed by atoms with van der Waals surface area (Å²) in [5.74, 6) is -0.443. The van der Waals surface area contributed by atoms with Gasteiger partial charge >= 0.3 is 0 Å². The van der Waals surface area contributed by atoms with Gasteiger partial charge in [-0.05, 0) is 41.2 Å². The first-order valence-corrected chi connectivity index (χ1v) is 15.3. The van der Waals surface area contributed by atoms with Crippen LogP contribution in [0, 0.1) is 0 Å². The molecule has 1 unspecified atom stereocenters. The third kappa shape index (κ3) is 11.4. The molecule has 0 amide bonds. The van der Waals surface area contributed by atoms with Crippen molar-refractivity contribution in [2.24, 2.45) is 0 Å². The molecule has 2 aliphatic heterocycles. The van der Waals surface area contributed by atoms with E-state index in [1.807, 2.05) is 0 Å². The molecule has 0 aromatic heterocycles. The second-order valence-electron chi connectivity index (χ2n) is 12.9. The summed E-state index contributed by atoms with van der Waals surface area (Å²) in [6.45, 7) is 13.7. The molecule has 0 aromatic rings. The standard InChI is InChI=1S/C31H61NO3/c1-7-8-9-10-11-12-13-14-15-16-17-18-19-20-21-22-23-33-24-28-25-34-31(35-28)26-29(2,3)32(6)30(4,5)27-31/h28H,7-27H2,1-6H3. The summed E-state index contributed by atoms with van der Waals surface area (Å²) in [4.78, 5) is 2.47. The molecule has 0 aliphatic carbocycles. The number of ether oxygens (including phenoxy) is 3. The van der Waals surface area contributed by atoms with Crippen molar-refractivity contribution in [3.63, 3.8) is 0 Å². The van der Waals surface area contributed by atoms with Crippen molar-refractivity contribution in [1.82, 2.24) is 4.90 Å². The van der Waals surface area contributed by atoms with Gasteiger partial charge in [0, 0.05) is 30.5 Å². The van der Waals surface area contributed by atoms with E-state index in [2.05, 4.69) is 46.6 Å². The Labute approximate surface area is 219 Å². The fraction of sp³-hybridized carbons (Fsp3) is 1.00. The number of unbranched alkanes of at least 4 members (excludes halogenated alkanes) is 15. The molecule has 1 spiro atoms. The van der Waals surface area contributed by atoms with Gasteiger partial charge in [0.05, 0.1) is 13.2 Å². The molecule has 2 rings (SSSR count). The number of hydrogen-bond acceptors (Lipinski definition) is 4. The maximum atomic E-state index is 6.47. The van der Waals surface area contributed by atoms with E-state index in [0.29, 0.717) is 13.2 Å². The van der Waals surface area contributed by atoms with E-state index in [1.54, 1.807) is 0 Å². The van der Waals surface area contributed by atoms with Crippen LogP contribution in [0.25, 0.3) is 0 Å². The first-order valence-electron chi connectivity index (χ1n) is 15.3. The smallest absolute Gasteiger partial charge is 0.172 e. The van der Waals surface area contributed by atoms with Gasteiger partial charge in [-0.1, -0.05) is 103 Å². The summed E-state index contributed by atoms with van der Waals surface area (Å²) >= 11 is 0. The quantitative estimate of drug-likeness (QED) is 0.168. The average Bonchev–Trinajstić information content (AvgIpc) is 3.17. The Hall–Kier alpha value is -0.160. The Morgan fingerprint density at radius 1 is 0.686 bits per heavy atom. The molecule has 35 heavy (non-hydrogen) atoms. The van der Waals surface area contributed by atoms with Gasteiger partial charge in [-0.2, -0.15) is 0 Å². The highest BCUT2D eigenvalue weighted by atomic mass is 16.8. The van der Waals surface area contributed by atoms with Crippen LogP contribution in [0.3, 0.4) is 0 Å². The van der Waals surface area contributed by atoms with Gasteiger partial charge in [-0.25, -0.2) is 0 Å². The first-order chi connectivity index (χ1) is 16.7. The third-order valence-electron chi connectivity index (χ3n) is 8.58. The topological polar surface area (TPSA) is 30.9 Å². The van der Waals surface area contributed by atoms with Crippen LogP contribution in [0.5, 0.6) is 0 Å². The summed E-state index contributed by atoms with van der Waals surface area (Å²) in [5, 5.41) is 0. The van der Waals surface area contributed by atoms with Gasteiger partial charge in [0.2, 0.25) is 0 Å². The van der Waals surface area contributed by atoms with Gasteiger partial charge in [0.25, 0.3) is 0 Å². The van der Waals surface area contributed by atoms with E-state index < -0.39 is 5.79 Å². The van der Waals surface area contributed by atoms with E-state index in [1.165, 1.54) is 103 Å². The molecule has 2 heterocycles. The van der Waals surface area contributed by atoms with Crippen molar-refractivity contribution in [3.05, 3.63) is 0 Å². The van der Waals surface area contributed by atoms with Crippen LogP contribution in [-0.4, -0.2) is 54.7 Å². The molecule has 4 nitrogen and oxygen atoms in total. The fourth-order valence-electron chi connectivity index (χ4n) is 6.29. The highest BCUT2D eigenvalue weighted by molar-refractivity contribution is 5.04. The monoisotopic (exact) mass is 495 g/mol. The molecule has 0 N–H and O–H groups in total. The molecular formula is C31H61NO3. The van der Waals surface area contributed by atoms with Crippen LogP contribution in [0.2, 0.25) is 0 Å². The molecule has 0 saturated carbocycles. The minimum absolute atomic E-state index is 0.0606. The predicted molar refractivity (Wildman–Crippen MR) is 149 cm³/mol. The lowest BCUT2D eigenvalue weighted by Gasteiger charge is -2.56. The zero-order valence-electron chi connectivity index (χ0n) is 24.6. The zero-order valence-corrected chi connectivity index (χ0v) is 24.6. The summed E-state index contributed by atoms with van der Waals surface area (Å²) in [7, 11) is 2.22. The number of piperidine rings is 1. The van der Waals surface area contributed by atoms with E-state index >= 15 is 0 Å². The van der Waals surface area contributed by atoms with Crippen molar-refractivity contribution in [2.45, 2.75) is 173 Å².